The van der Waals surface area contributed by atoms with Gasteiger partial charge in [0.25, 0.3) is 5.91 Å². The Morgan fingerprint density at radius 1 is 0.897 bits per heavy atom. The minimum atomic E-state index is -0.503. The van der Waals surface area contributed by atoms with Crippen molar-refractivity contribution in [2.24, 2.45) is 0 Å². The second-order valence-corrected chi connectivity index (χ2v) is 7.23. The summed E-state index contributed by atoms with van der Waals surface area (Å²) >= 11 is 0. The van der Waals surface area contributed by atoms with Crippen LogP contribution in [0.15, 0.2) is 42.5 Å². The van der Waals surface area contributed by atoms with Gasteiger partial charge >= 0.3 is 0 Å². The lowest BCUT2D eigenvalue weighted by Crippen LogP contribution is -2.52. The van der Waals surface area contributed by atoms with Gasteiger partial charge in [-0.2, -0.15) is 0 Å². The Labute approximate surface area is 171 Å². The molecule has 3 heterocycles. The molecule has 2 aliphatic rings. The number of aromatic nitrogens is 2. The topological polar surface area (TPSA) is 71.0 Å². The molecule has 2 aliphatic heterocycles. The Hall–Kier alpha value is -2.87. The molecular formula is C21H27N5O3. The number of ether oxygens (including phenoxy) is 2. The number of morpholine rings is 1. The lowest BCUT2D eigenvalue weighted by Gasteiger charge is -2.36. The first-order valence-corrected chi connectivity index (χ1v) is 10.1. The molecule has 1 amide bonds. The second kappa shape index (κ2) is 9.09. The van der Waals surface area contributed by atoms with E-state index in [0.717, 1.165) is 51.0 Å². The van der Waals surface area contributed by atoms with Crippen LogP contribution in [0.5, 0.6) is 5.75 Å². The third kappa shape index (κ3) is 4.76. The van der Waals surface area contributed by atoms with Crippen molar-refractivity contribution in [3.05, 3.63) is 42.5 Å². The van der Waals surface area contributed by atoms with Crippen LogP contribution in [0.1, 0.15) is 6.92 Å². The van der Waals surface area contributed by atoms with Gasteiger partial charge in [-0.25, -0.2) is 0 Å². The van der Waals surface area contributed by atoms with E-state index in [1.54, 1.807) is 6.92 Å². The summed E-state index contributed by atoms with van der Waals surface area (Å²) in [5.74, 6) is 2.46. The fourth-order valence-corrected chi connectivity index (χ4v) is 3.61. The zero-order chi connectivity index (χ0) is 20.1. The van der Waals surface area contributed by atoms with Crippen molar-refractivity contribution in [3.63, 3.8) is 0 Å². The Kier molecular flexibility index (Phi) is 6.09. The normalized spacial score (nSPS) is 18.4. The summed E-state index contributed by atoms with van der Waals surface area (Å²) in [5, 5.41) is 8.79. The number of anilines is 2. The van der Waals surface area contributed by atoms with E-state index >= 15 is 0 Å². The lowest BCUT2D eigenvalue weighted by atomic mass is 10.2. The van der Waals surface area contributed by atoms with Crippen LogP contribution in [0.2, 0.25) is 0 Å². The molecule has 0 saturated carbocycles. The van der Waals surface area contributed by atoms with Crippen molar-refractivity contribution in [1.29, 1.82) is 0 Å². The highest BCUT2D eigenvalue weighted by Gasteiger charge is 2.26. The lowest BCUT2D eigenvalue weighted by molar-refractivity contribution is -0.138. The molecule has 2 fully saturated rings. The van der Waals surface area contributed by atoms with Crippen LogP contribution in [-0.2, 0) is 9.53 Å². The summed E-state index contributed by atoms with van der Waals surface area (Å²) in [6.07, 6.45) is -0.503. The summed E-state index contributed by atoms with van der Waals surface area (Å²) in [6.45, 7) is 7.71. The van der Waals surface area contributed by atoms with Gasteiger partial charge in [0.15, 0.2) is 17.7 Å². The van der Waals surface area contributed by atoms with E-state index < -0.39 is 6.10 Å². The van der Waals surface area contributed by atoms with Crippen LogP contribution >= 0.6 is 0 Å². The predicted molar refractivity (Wildman–Crippen MR) is 110 cm³/mol. The molecule has 0 aliphatic carbocycles. The van der Waals surface area contributed by atoms with Crippen LogP contribution in [-0.4, -0.2) is 79.6 Å². The number of amides is 1. The van der Waals surface area contributed by atoms with Crippen molar-refractivity contribution in [2.45, 2.75) is 13.0 Å². The van der Waals surface area contributed by atoms with Gasteiger partial charge in [0.05, 0.1) is 13.2 Å². The molecule has 8 heteroatoms. The Balaban J connectivity index is 1.29. The smallest absolute Gasteiger partial charge is 0.263 e. The number of nitrogens with zero attached hydrogens (tertiary/aromatic N) is 5. The summed E-state index contributed by atoms with van der Waals surface area (Å²) in [4.78, 5) is 18.9. The van der Waals surface area contributed by atoms with Crippen LogP contribution < -0.4 is 14.5 Å². The van der Waals surface area contributed by atoms with Crippen LogP contribution in [0.3, 0.4) is 0 Å². The minimum absolute atomic E-state index is 0.0160. The maximum absolute atomic E-state index is 12.7. The van der Waals surface area contributed by atoms with Crippen molar-refractivity contribution in [1.82, 2.24) is 15.1 Å². The number of benzene rings is 1. The maximum atomic E-state index is 12.7. The van der Waals surface area contributed by atoms with Crippen LogP contribution in [0, 0.1) is 0 Å². The van der Waals surface area contributed by atoms with Gasteiger partial charge in [0, 0.05) is 39.3 Å². The fraction of sp³-hybridized carbons (Fsp3) is 0.476. The van der Waals surface area contributed by atoms with Crippen LogP contribution in [0.25, 0.3) is 0 Å². The minimum Gasteiger partial charge on any atom is -0.481 e. The average Bonchev–Trinajstić information content (AvgIpc) is 2.80. The van der Waals surface area contributed by atoms with E-state index in [0.29, 0.717) is 18.8 Å². The van der Waals surface area contributed by atoms with Crippen LogP contribution in [0.4, 0.5) is 11.6 Å². The zero-order valence-corrected chi connectivity index (χ0v) is 16.7. The van der Waals surface area contributed by atoms with Crippen molar-refractivity contribution in [3.8, 4) is 5.75 Å². The van der Waals surface area contributed by atoms with E-state index in [1.165, 1.54) is 0 Å². The number of hydrogen-bond acceptors (Lipinski definition) is 7. The monoisotopic (exact) mass is 397 g/mol. The van der Waals surface area contributed by atoms with E-state index in [2.05, 4.69) is 20.0 Å². The summed E-state index contributed by atoms with van der Waals surface area (Å²) in [7, 11) is 0. The number of piperazine rings is 1. The predicted octanol–water partition coefficient (Wildman–Crippen LogP) is 1.43. The fourth-order valence-electron chi connectivity index (χ4n) is 3.61. The molecule has 0 N–H and O–H groups in total. The largest absolute Gasteiger partial charge is 0.481 e. The quantitative estimate of drug-likeness (QED) is 0.756. The van der Waals surface area contributed by atoms with E-state index in [9.17, 15) is 4.79 Å². The third-order valence-corrected chi connectivity index (χ3v) is 5.29. The highest BCUT2D eigenvalue weighted by molar-refractivity contribution is 5.81. The van der Waals surface area contributed by atoms with Gasteiger partial charge in [-0.05, 0) is 31.2 Å². The summed E-state index contributed by atoms with van der Waals surface area (Å²) < 4.78 is 11.2. The van der Waals surface area contributed by atoms with Gasteiger partial charge in [-0.15, -0.1) is 10.2 Å². The summed E-state index contributed by atoms with van der Waals surface area (Å²) in [6, 6.07) is 13.5. The van der Waals surface area contributed by atoms with E-state index in [4.69, 9.17) is 9.47 Å². The van der Waals surface area contributed by atoms with Crippen molar-refractivity contribution in [2.75, 3.05) is 62.3 Å². The van der Waals surface area contributed by atoms with Gasteiger partial charge in [0.1, 0.15) is 5.75 Å². The highest BCUT2D eigenvalue weighted by atomic mass is 16.5. The molecule has 0 radical (unpaired) electrons. The number of para-hydroxylation sites is 1. The first-order chi connectivity index (χ1) is 14.2. The van der Waals surface area contributed by atoms with Crippen molar-refractivity contribution >= 4 is 17.5 Å². The zero-order valence-electron chi connectivity index (χ0n) is 16.7. The number of hydrogen-bond donors (Lipinski definition) is 0. The first-order valence-electron chi connectivity index (χ1n) is 10.1. The molecule has 29 heavy (non-hydrogen) atoms. The first kappa shape index (κ1) is 19.4. The number of carbonyl (C=O) groups is 1. The molecule has 4 rings (SSSR count). The molecule has 8 nitrogen and oxygen atoms in total. The highest BCUT2D eigenvalue weighted by Crippen LogP contribution is 2.18. The van der Waals surface area contributed by atoms with Gasteiger partial charge < -0.3 is 24.2 Å². The Bertz CT molecular complexity index is 788. The molecule has 0 bridgehead atoms. The Morgan fingerprint density at radius 2 is 1.48 bits per heavy atom. The third-order valence-electron chi connectivity index (χ3n) is 5.29. The standard InChI is InChI=1S/C21H27N5O3/c1-17(29-18-5-3-2-4-6-18)21(27)26-11-9-24(10-12-26)19-7-8-20(23-22-19)25-13-15-28-16-14-25/h2-8,17H,9-16H2,1H3/t17-/m0/s1. The SMILES string of the molecule is C[C@H](Oc1ccccc1)C(=O)N1CCN(c2ccc(N3CCOCC3)nn2)CC1. The van der Waals surface area contributed by atoms with Crippen molar-refractivity contribution < 1.29 is 14.3 Å². The summed E-state index contributed by atoms with van der Waals surface area (Å²) in [5.41, 5.74) is 0. The molecule has 0 unspecified atom stereocenters. The van der Waals surface area contributed by atoms with Gasteiger partial charge in [-0.1, -0.05) is 18.2 Å². The molecule has 154 valence electrons. The van der Waals surface area contributed by atoms with Gasteiger partial charge in [-0.3, -0.25) is 4.79 Å². The Morgan fingerprint density at radius 3 is 2.07 bits per heavy atom. The van der Waals surface area contributed by atoms with E-state index in [1.807, 2.05) is 47.4 Å². The maximum Gasteiger partial charge on any atom is 0.263 e. The molecular weight excluding hydrogens is 370 g/mol. The molecule has 1 aromatic heterocycles. The average molecular weight is 397 g/mol. The molecule has 0 spiro atoms. The molecule has 2 aromatic rings. The van der Waals surface area contributed by atoms with Gasteiger partial charge in [0.2, 0.25) is 0 Å². The second-order valence-electron chi connectivity index (χ2n) is 7.23. The molecule has 1 aromatic carbocycles. The van der Waals surface area contributed by atoms with E-state index in [-0.39, 0.29) is 5.91 Å². The molecule has 2 saturated heterocycles. The number of carbonyl (C=O) groups excluding carboxylic acids is 1. The number of rotatable bonds is 5. The molecule has 1 atom stereocenters.